The molecular formula is C45H54N2O8S. The molecule has 0 spiro atoms. The van der Waals surface area contributed by atoms with E-state index in [0.29, 0.717) is 22.3 Å². The third-order valence-corrected chi connectivity index (χ3v) is 8.02. The number of imide groups is 1. The second kappa shape index (κ2) is 22.7. The zero-order valence-electron chi connectivity index (χ0n) is 34.2. The van der Waals surface area contributed by atoms with Crippen molar-refractivity contribution < 1.29 is 38.1 Å². The quantitative estimate of drug-likeness (QED) is 0.119. The zero-order chi connectivity index (χ0) is 42.0. The highest BCUT2D eigenvalue weighted by Crippen LogP contribution is 2.24. The van der Waals surface area contributed by atoms with Crippen molar-refractivity contribution in [2.24, 2.45) is 0 Å². The molecule has 1 heterocycles. The Kier molecular flexibility index (Phi) is 18.9. The molecule has 0 radical (unpaired) electrons. The molecule has 0 fully saturated rings. The Labute approximate surface area is 336 Å². The van der Waals surface area contributed by atoms with Gasteiger partial charge >= 0.3 is 5.97 Å². The lowest BCUT2D eigenvalue weighted by atomic mass is 10.1. The summed E-state index contributed by atoms with van der Waals surface area (Å²) in [4.78, 5) is 46.7. The maximum absolute atomic E-state index is 11.8. The van der Waals surface area contributed by atoms with E-state index in [9.17, 15) is 19.2 Å². The van der Waals surface area contributed by atoms with Crippen LogP contribution in [0.15, 0.2) is 97.1 Å². The predicted octanol–water partition coefficient (Wildman–Crippen LogP) is 9.94. The summed E-state index contributed by atoms with van der Waals surface area (Å²) in [7, 11) is 1.36. The molecule has 0 atom stereocenters. The van der Waals surface area contributed by atoms with E-state index in [1.165, 1.54) is 23.8 Å². The van der Waals surface area contributed by atoms with E-state index in [-0.39, 0.29) is 46.7 Å². The van der Waals surface area contributed by atoms with E-state index < -0.39 is 0 Å². The first-order valence-electron chi connectivity index (χ1n) is 18.2. The normalized spacial score (nSPS) is 11.6. The fraction of sp³-hybridized carbons (Fsp3) is 0.356. The molecule has 0 N–H and O–H groups in total. The largest absolute Gasteiger partial charge is 0.491 e. The van der Waals surface area contributed by atoms with Gasteiger partial charge in [0.2, 0.25) is 0 Å². The fourth-order valence-electron chi connectivity index (χ4n) is 4.81. The number of nitrogens with zero attached hydrogens (tertiary/aromatic N) is 2. The molecular weight excluding hydrogens is 729 g/mol. The van der Waals surface area contributed by atoms with Gasteiger partial charge in [-0.1, -0.05) is 36.0 Å². The Hall–Kier alpha value is -5.60. The van der Waals surface area contributed by atoms with E-state index in [0.717, 1.165) is 28.6 Å². The third-order valence-electron chi connectivity index (χ3n) is 7.13. The smallest absolute Gasteiger partial charge is 0.337 e. The van der Waals surface area contributed by atoms with Crippen molar-refractivity contribution in [2.45, 2.75) is 98.8 Å². The van der Waals surface area contributed by atoms with E-state index in [1.54, 1.807) is 79.7 Å². The summed E-state index contributed by atoms with van der Waals surface area (Å²) in [5, 5.41) is 8.67. The standard InChI is InChI=1S/C12H16O3.C12H16O2S.C11H11NO2.C10H11NO/c1-12(2,3)15-10-7-5-9(6-8-10)11(13)14-4;1-9(2)14-12-6-4-11(5-7-12)8-15-10(3)13;1-7(2)12-10(13)8-5-3-4-6-9(8)11(12)14;1-8(2)12-10-5-3-9(7-11)4-6-10/h5-8H,1-4H3;4-7,9H,8H2,1-3H3;3-7H,1-2H3;3-6,8H,1-2H3. The van der Waals surface area contributed by atoms with Crippen LogP contribution in [0.3, 0.4) is 0 Å². The molecule has 1 aliphatic rings. The maximum atomic E-state index is 11.8. The maximum Gasteiger partial charge on any atom is 0.337 e. The van der Waals surface area contributed by atoms with Gasteiger partial charge in [-0.05, 0) is 141 Å². The van der Waals surface area contributed by atoms with E-state index in [1.807, 2.05) is 86.6 Å². The fourth-order valence-corrected chi connectivity index (χ4v) is 5.37. The van der Waals surface area contributed by atoms with Crippen LogP contribution < -0.4 is 14.2 Å². The number of esters is 1. The first-order valence-corrected chi connectivity index (χ1v) is 19.2. The number of methoxy groups -OCH3 is 1. The zero-order valence-corrected chi connectivity index (χ0v) is 35.1. The van der Waals surface area contributed by atoms with Gasteiger partial charge in [-0.3, -0.25) is 19.3 Å². The van der Waals surface area contributed by atoms with Gasteiger partial charge < -0.3 is 18.9 Å². The van der Waals surface area contributed by atoms with Gasteiger partial charge in [-0.15, -0.1) is 0 Å². The molecule has 2 amide bonds. The van der Waals surface area contributed by atoms with Gasteiger partial charge in [-0.2, -0.15) is 5.26 Å². The molecule has 0 unspecified atom stereocenters. The highest BCUT2D eigenvalue weighted by molar-refractivity contribution is 8.12. The molecule has 298 valence electrons. The van der Waals surface area contributed by atoms with E-state index >= 15 is 0 Å². The van der Waals surface area contributed by atoms with Crippen molar-refractivity contribution >= 4 is 34.7 Å². The van der Waals surface area contributed by atoms with Gasteiger partial charge in [0.25, 0.3) is 11.8 Å². The number of hydrogen-bond acceptors (Lipinski definition) is 10. The highest BCUT2D eigenvalue weighted by atomic mass is 32.2. The molecule has 11 heteroatoms. The Bertz CT molecular complexity index is 1870. The summed E-state index contributed by atoms with van der Waals surface area (Å²) in [5.74, 6) is 2.47. The average molecular weight is 783 g/mol. The number of carbonyl (C=O) groups excluding carboxylic acids is 4. The molecule has 5 rings (SSSR count). The van der Waals surface area contributed by atoms with Crippen molar-refractivity contribution in [3.05, 3.63) is 125 Å². The molecule has 10 nitrogen and oxygen atoms in total. The van der Waals surface area contributed by atoms with Crippen LogP contribution in [0.25, 0.3) is 0 Å². The first kappa shape index (κ1) is 46.6. The number of ether oxygens (including phenoxy) is 4. The second-order valence-electron chi connectivity index (χ2n) is 14.2. The monoisotopic (exact) mass is 782 g/mol. The van der Waals surface area contributed by atoms with Crippen molar-refractivity contribution in [3.63, 3.8) is 0 Å². The Morgan fingerprint density at radius 2 is 1.16 bits per heavy atom. The van der Waals surface area contributed by atoms with Crippen LogP contribution in [0.4, 0.5) is 0 Å². The van der Waals surface area contributed by atoms with Crippen LogP contribution in [0, 0.1) is 11.3 Å². The summed E-state index contributed by atoms with van der Waals surface area (Å²) in [5.41, 5.74) is 3.14. The predicted molar refractivity (Wildman–Crippen MR) is 221 cm³/mol. The van der Waals surface area contributed by atoms with Crippen LogP contribution >= 0.6 is 11.8 Å². The van der Waals surface area contributed by atoms with Crippen LogP contribution in [0.2, 0.25) is 0 Å². The van der Waals surface area contributed by atoms with Gasteiger partial charge in [0.15, 0.2) is 5.12 Å². The van der Waals surface area contributed by atoms with Gasteiger partial charge in [0, 0.05) is 18.7 Å². The minimum Gasteiger partial charge on any atom is -0.491 e. The number of thioether (sulfide) groups is 1. The van der Waals surface area contributed by atoms with Crippen molar-refractivity contribution in [3.8, 4) is 23.3 Å². The minimum atomic E-state index is -0.336. The Balaban J connectivity index is 0.000000259. The summed E-state index contributed by atoms with van der Waals surface area (Å²) >= 11 is 1.32. The number of carbonyl (C=O) groups is 4. The third kappa shape index (κ3) is 16.4. The molecule has 4 aromatic carbocycles. The van der Waals surface area contributed by atoms with E-state index in [2.05, 4.69) is 10.8 Å². The molecule has 4 aromatic rings. The second-order valence-corrected chi connectivity index (χ2v) is 15.4. The minimum absolute atomic E-state index is 0.0811. The number of amides is 2. The number of nitriles is 1. The van der Waals surface area contributed by atoms with Crippen LogP contribution in [-0.4, -0.2) is 58.8 Å². The van der Waals surface area contributed by atoms with Crippen molar-refractivity contribution in [2.75, 3.05) is 7.11 Å². The number of hydrogen-bond donors (Lipinski definition) is 0. The Morgan fingerprint density at radius 3 is 1.54 bits per heavy atom. The van der Waals surface area contributed by atoms with Crippen molar-refractivity contribution in [1.82, 2.24) is 4.90 Å². The molecule has 56 heavy (non-hydrogen) atoms. The average Bonchev–Trinajstić information content (AvgIpc) is 3.40. The van der Waals surface area contributed by atoms with Crippen LogP contribution in [0.1, 0.15) is 111 Å². The molecule has 0 saturated carbocycles. The molecule has 0 aromatic heterocycles. The lowest BCUT2D eigenvalue weighted by molar-refractivity contribution is -0.109. The Morgan fingerprint density at radius 1 is 0.714 bits per heavy atom. The summed E-state index contributed by atoms with van der Waals surface area (Å²) in [6.07, 6.45) is 0.375. The number of rotatable bonds is 9. The number of fused-ring (bicyclic) bond motifs is 1. The molecule has 0 bridgehead atoms. The highest BCUT2D eigenvalue weighted by Gasteiger charge is 2.36. The summed E-state index contributed by atoms with van der Waals surface area (Å²) < 4.78 is 21.1. The summed E-state index contributed by atoms with van der Waals surface area (Å²) in [6, 6.07) is 30.8. The summed E-state index contributed by atoms with van der Waals surface area (Å²) in [6.45, 7) is 19.1. The van der Waals surface area contributed by atoms with Gasteiger partial charge in [0.1, 0.15) is 22.8 Å². The molecule has 1 aliphatic heterocycles. The lowest BCUT2D eigenvalue weighted by Crippen LogP contribution is -2.35. The van der Waals surface area contributed by atoms with Crippen molar-refractivity contribution in [1.29, 1.82) is 5.26 Å². The SMILES string of the molecule is CC(=O)SCc1ccc(OC(C)C)cc1.CC(C)N1C(=O)c2ccccc2C1=O.CC(C)Oc1ccc(C#N)cc1.COC(=O)c1ccc(OC(C)(C)C)cc1. The van der Waals surface area contributed by atoms with E-state index in [4.69, 9.17) is 19.5 Å². The first-order chi connectivity index (χ1) is 26.3. The lowest BCUT2D eigenvalue weighted by Gasteiger charge is -2.21. The van der Waals surface area contributed by atoms with Crippen LogP contribution in [-0.2, 0) is 15.3 Å². The molecule has 0 aliphatic carbocycles. The van der Waals surface area contributed by atoms with Gasteiger partial charge in [-0.25, -0.2) is 4.79 Å². The van der Waals surface area contributed by atoms with Crippen LogP contribution in [0.5, 0.6) is 17.2 Å². The molecule has 0 saturated heterocycles. The topological polar surface area (TPSA) is 132 Å². The van der Waals surface area contributed by atoms with Gasteiger partial charge in [0.05, 0.1) is 47.6 Å². The number of benzene rings is 4.